The van der Waals surface area contributed by atoms with Crippen LogP contribution in [0, 0.1) is 0 Å². The SMILES string of the molecule is CC1(OCC(=O)Nc2cccc(C(F)(F)F)c2)CNC1. The predicted octanol–water partition coefficient (Wildman–Crippen LogP) is 2.02. The number of carbonyl (C=O) groups excluding carboxylic acids is 1. The molecule has 2 N–H and O–H groups in total. The van der Waals surface area contributed by atoms with Gasteiger partial charge in [0.2, 0.25) is 5.91 Å². The third-order valence-electron chi connectivity index (χ3n) is 3.02. The summed E-state index contributed by atoms with van der Waals surface area (Å²) < 4.78 is 43.0. The summed E-state index contributed by atoms with van der Waals surface area (Å²) in [5, 5.41) is 5.41. The van der Waals surface area contributed by atoms with E-state index in [1.165, 1.54) is 12.1 Å². The number of amides is 1. The van der Waals surface area contributed by atoms with Gasteiger partial charge in [-0.3, -0.25) is 4.79 Å². The summed E-state index contributed by atoms with van der Waals surface area (Å²) >= 11 is 0. The summed E-state index contributed by atoms with van der Waals surface area (Å²) in [7, 11) is 0. The Labute approximate surface area is 114 Å². The molecule has 1 heterocycles. The number of rotatable bonds is 4. The molecule has 1 aromatic rings. The number of hydrogen-bond donors (Lipinski definition) is 2. The highest BCUT2D eigenvalue weighted by atomic mass is 19.4. The van der Waals surface area contributed by atoms with E-state index in [1.54, 1.807) is 0 Å². The average Bonchev–Trinajstić information content (AvgIpc) is 2.33. The quantitative estimate of drug-likeness (QED) is 0.891. The van der Waals surface area contributed by atoms with Crippen molar-refractivity contribution in [3.8, 4) is 0 Å². The highest BCUT2D eigenvalue weighted by Crippen LogP contribution is 2.30. The average molecular weight is 288 g/mol. The predicted molar refractivity (Wildman–Crippen MR) is 67.3 cm³/mol. The number of anilines is 1. The third kappa shape index (κ3) is 3.71. The van der Waals surface area contributed by atoms with Crippen molar-refractivity contribution in [3.63, 3.8) is 0 Å². The lowest BCUT2D eigenvalue weighted by molar-refractivity contribution is -0.137. The number of carbonyl (C=O) groups is 1. The minimum atomic E-state index is -4.43. The molecule has 2 rings (SSSR count). The maximum Gasteiger partial charge on any atom is 0.416 e. The molecule has 4 nitrogen and oxygen atoms in total. The van der Waals surface area contributed by atoms with Gasteiger partial charge in [-0.05, 0) is 25.1 Å². The molecule has 1 aromatic carbocycles. The summed E-state index contributed by atoms with van der Waals surface area (Å²) in [5.41, 5.74) is -1.07. The Morgan fingerprint density at radius 3 is 2.70 bits per heavy atom. The lowest BCUT2D eigenvalue weighted by Crippen LogP contribution is -2.59. The number of ether oxygens (including phenoxy) is 1. The topological polar surface area (TPSA) is 50.4 Å². The van der Waals surface area contributed by atoms with Crippen molar-refractivity contribution in [2.75, 3.05) is 25.0 Å². The van der Waals surface area contributed by atoms with Gasteiger partial charge in [0.05, 0.1) is 11.2 Å². The zero-order chi connectivity index (χ0) is 14.8. The van der Waals surface area contributed by atoms with Crippen molar-refractivity contribution in [2.45, 2.75) is 18.7 Å². The Balaban J connectivity index is 1.91. The van der Waals surface area contributed by atoms with Crippen molar-refractivity contribution in [1.82, 2.24) is 5.32 Å². The second-order valence-corrected chi connectivity index (χ2v) is 4.97. The molecule has 0 aromatic heterocycles. The molecule has 0 saturated carbocycles. The molecule has 0 unspecified atom stereocenters. The van der Waals surface area contributed by atoms with E-state index in [4.69, 9.17) is 4.74 Å². The minimum Gasteiger partial charge on any atom is -0.363 e. The molecule has 0 radical (unpaired) electrons. The Kier molecular flexibility index (Phi) is 4.01. The molecular weight excluding hydrogens is 273 g/mol. The molecule has 1 aliphatic heterocycles. The lowest BCUT2D eigenvalue weighted by Gasteiger charge is -2.38. The van der Waals surface area contributed by atoms with Gasteiger partial charge in [0.25, 0.3) is 0 Å². The first-order valence-electron chi connectivity index (χ1n) is 6.10. The maximum absolute atomic E-state index is 12.5. The number of nitrogens with one attached hydrogen (secondary N) is 2. The second kappa shape index (κ2) is 5.41. The van der Waals surface area contributed by atoms with Crippen molar-refractivity contribution in [1.29, 1.82) is 0 Å². The molecule has 110 valence electrons. The smallest absolute Gasteiger partial charge is 0.363 e. The summed E-state index contributed by atoms with van der Waals surface area (Å²) in [6, 6.07) is 4.49. The van der Waals surface area contributed by atoms with E-state index >= 15 is 0 Å². The molecule has 1 saturated heterocycles. The van der Waals surface area contributed by atoms with Crippen LogP contribution in [0.1, 0.15) is 12.5 Å². The Bertz CT molecular complexity index is 499. The molecule has 1 fully saturated rings. The Morgan fingerprint density at radius 1 is 1.45 bits per heavy atom. The monoisotopic (exact) mass is 288 g/mol. The second-order valence-electron chi connectivity index (χ2n) is 4.97. The zero-order valence-electron chi connectivity index (χ0n) is 10.9. The van der Waals surface area contributed by atoms with Crippen LogP contribution in [-0.2, 0) is 15.7 Å². The van der Waals surface area contributed by atoms with Gasteiger partial charge in [-0.25, -0.2) is 0 Å². The standard InChI is InChI=1S/C13H15F3N2O2/c1-12(7-17-8-12)20-6-11(19)18-10-4-2-3-9(5-10)13(14,15)16/h2-5,17H,6-8H2,1H3,(H,18,19). The number of halogens is 3. The first kappa shape index (κ1) is 14.8. The van der Waals surface area contributed by atoms with Crippen LogP contribution in [0.4, 0.5) is 18.9 Å². The van der Waals surface area contributed by atoms with E-state index in [2.05, 4.69) is 10.6 Å². The van der Waals surface area contributed by atoms with Crippen LogP contribution >= 0.6 is 0 Å². The number of benzene rings is 1. The number of alkyl halides is 3. The van der Waals surface area contributed by atoms with Crippen LogP contribution in [-0.4, -0.2) is 31.2 Å². The summed E-state index contributed by atoms with van der Waals surface area (Å²) in [6.45, 7) is 2.99. The van der Waals surface area contributed by atoms with E-state index in [9.17, 15) is 18.0 Å². The molecule has 20 heavy (non-hydrogen) atoms. The van der Waals surface area contributed by atoms with Gasteiger partial charge >= 0.3 is 6.18 Å². The van der Waals surface area contributed by atoms with Crippen LogP contribution in [0.5, 0.6) is 0 Å². The summed E-state index contributed by atoms with van der Waals surface area (Å²) in [5.74, 6) is -0.475. The molecule has 1 aliphatic rings. The van der Waals surface area contributed by atoms with Crippen LogP contribution in [0.25, 0.3) is 0 Å². The highest BCUT2D eigenvalue weighted by Gasteiger charge is 2.33. The van der Waals surface area contributed by atoms with Crippen LogP contribution in [0.3, 0.4) is 0 Å². The fraction of sp³-hybridized carbons (Fsp3) is 0.462. The van der Waals surface area contributed by atoms with Gasteiger partial charge < -0.3 is 15.4 Å². The normalized spacial score (nSPS) is 17.4. The molecule has 0 atom stereocenters. The fourth-order valence-corrected chi connectivity index (χ4v) is 1.79. The lowest BCUT2D eigenvalue weighted by atomic mass is 10.0. The van der Waals surface area contributed by atoms with Crippen LogP contribution in [0.15, 0.2) is 24.3 Å². The Hall–Kier alpha value is -1.60. The van der Waals surface area contributed by atoms with Crippen molar-refractivity contribution in [3.05, 3.63) is 29.8 Å². The van der Waals surface area contributed by atoms with Gasteiger partial charge in [0.15, 0.2) is 0 Å². The molecule has 0 spiro atoms. The molecule has 0 aliphatic carbocycles. The van der Waals surface area contributed by atoms with Crippen molar-refractivity contribution < 1.29 is 22.7 Å². The van der Waals surface area contributed by atoms with Crippen LogP contribution in [0.2, 0.25) is 0 Å². The molecular formula is C13H15F3N2O2. The van der Waals surface area contributed by atoms with Gasteiger partial charge in [0.1, 0.15) is 6.61 Å². The van der Waals surface area contributed by atoms with Crippen molar-refractivity contribution >= 4 is 11.6 Å². The van der Waals surface area contributed by atoms with Gasteiger partial charge in [-0.1, -0.05) is 6.07 Å². The van der Waals surface area contributed by atoms with E-state index in [-0.39, 0.29) is 17.9 Å². The van der Waals surface area contributed by atoms with E-state index < -0.39 is 17.6 Å². The first-order chi connectivity index (χ1) is 9.28. The van der Waals surface area contributed by atoms with Crippen molar-refractivity contribution in [2.24, 2.45) is 0 Å². The Morgan fingerprint density at radius 2 is 2.15 bits per heavy atom. The summed E-state index contributed by atoms with van der Waals surface area (Å²) in [6.07, 6.45) is -4.43. The fourth-order valence-electron chi connectivity index (χ4n) is 1.79. The van der Waals surface area contributed by atoms with Crippen LogP contribution < -0.4 is 10.6 Å². The third-order valence-corrected chi connectivity index (χ3v) is 3.02. The highest BCUT2D eigenvalue weighted by molar-refractivity contribution is 5.91. The van der Waals surface area contributed by atoms with E-state index in [0.717, 1.165) is 12.1 Å². The molecule has 0 bridgehead atoms. The zero-order valence-corrected chi connectivity index (χ0v) is 10.9. The molecule has 1 amide bonds. The van der Waals surface area contributed by atoms with Gasteiger partial charge in [-0.15, -0.1) is 0 Å². The van der Waals surface area contributed by atoms with Gasteiger partial charge in [0, 0.05) is 18.8 Å². The van der Waals surface area contributed by atoms with E-state index in [0.29, 0.717) is 13.1 Å². The summed E-state index contributed by atoms with van der Waals surface area (Å²) in [4.78, 5) is 11.6. The van der Waals surface area contributed by atoms with E-state index in [1.807, 2.05) is 6.92 Å². The first-order valence-corrected chi connectivity index (χ1v) is 6.10. The number of hydrogen-bond acceptors (Lipinski definition) is 3. The largest absolute Gasteiger partial charge is 0.416 e. The van der Waals surface area contributed by atoms with Gasteiger partial charge in [-0.2, -0.15) is 13.2 Å². The maximum atomic E-state index is 12.5. The minimum absolute atomic E-state index is 0.102. The molecule has 7 heteroatoms.